The summed E-state index contributed by atoms with van der Waals surface area (Å²) in [5.74, 6) is 1.39. The molecule has 1 N–H and O–H groups in total. The van der Waals surface area contributed by atoms with E-state index in [1.54, 1.807) is 13.4 Å². The van der Waals surface area contributed by atoms with Crippen molar-refractivity contribution in [2.45, 2.75) is 32.4 Å². The van der Waals surface area contributed by atoms with Crippen LogP contribution in [0.1, 0.15) is 23.2 Å². The van der Waals surface area contributed by atoms with Crippen LogP contribution < -0.4 is 19.7 Å². The number of nitrogens with zero attached hydrogens (tertiary/aromatic N) is 4. The summed E-state index contributed by atoms with van der Waals surface area (Å²) in [6.07, 6.45) is 5.57. The summed E-state index contributed by atoms with van der Waals surface area (Å²) in [6, 6.07) is 2.11. The molecule has 1 fully saturated rings. The fraction of sp³-hybridized carbons (Fsp3) is 0.500. The molecule has 0 aromatic carbocycles. The predicted molar refractivity (Wildman–Crippen MR) is 94.2 cm³/mol. The number of anilines is 1. The Bertz CT molecular complexity index is 761. The van der Waals surface area contributed by atoms with Crippen LogP contribution in [0.4, 0.5) is 5.69 Å². The molecular formula is C18H23N5O2. The molecule has 25 heavy (non-hydrogen) atoms. The Morgan fingerprint density at radius 1 is 1.24 bits per heavy atom. The fourth-order valence-electron chi connectivity index (χ4n) is 3.46. The molecule has 0 aliphatic carbocycles. The molecule has 1 saturated heterocycles. The number of aryl methyl sites for hydroxylation is 1. The van der Waals surface area contributed by atoms with Crippen LogP contribution >= 0.6 is 0 Å². The lowest BCUT2D eigenvalue weighted by molar-refractivity contribution is 0.210. The maximum Gasteiger partial charge on any atom is 0.222 e. The number of rotatable bonds is 4. The molecule has 0 amide bonds. The van der Waals surface area contributed by atoms with E-state index in [4.69, 9.17) is 9.47 Å². The molecule has 7 heteroatoms. The van der Waals surface area contributed by atoms with E-state index in [-0.39, 0.29) is 6.10 Å². The second kappa shape index (κ2) is 6.84. The summed E-state index contributed by atoms with van der Waals surface area (Å²) in [6.45, 7) is 5.53. The minimum absolute atomic E-state index is 0.194. The van der Waals surface area contributed by atoms with Gasteiger partial charge >= 0.3 is 0 Å². The standard InChI is InChI=1S/C18H23N5O2/c1-12-7-13(8-20-17(12)24-2)23-6-4-16-15(10-23)18(22-11-21-16)25-14-3-5-19-9-14/h7-8,11,14,19H,3-6,9-10H2,1-2H3. The molecule has 132 valence electrons. The normalized spacial score (nSPS) is 19.6. The maximum absolute atomic E-state index is 6.14. The minimum Gasteiger partial charge on any atom is -0.481 e. The van der Waals surface area contributed by atoms with E-state index in [1.807, 2.05) is 13.1 Å². The van der Waals surface area contributed by atoms with Crippen molar-refractivity contribution in [1.29, 1.82) is 0 Å². The van der Waals surface area contributed by atoms with Crippen molar-refractivity contribution in [1.82, 2.24) is 20.3 Å². The van der Waals surface area contributed by atoms with Gasteiger partial charge in [0.15, 0.2) is 0 Å². The summed E-state index contributed by atoms with van der Waals surface area (Å²) in [7, 11) is 1.64. The van der Waals surface area contributed by atoms with Crippen molar-refractivity contribution in [3.63, 3.8) is 0 Å². The van der Waals surface area contributed by atoms with E-state index in [2.05, 4.69) is 31.2 Å². The first-order valence-corrected chi connectivity index (χ1v) is 8.70. The Kier molecular flexibility index (Phi) is 4.40. The van der Waals surface area contributed by atoms with Gasteiger partial charge in [-0.2, -0.15) is 0 Å². The fourth-order valence-corrected chi connectivity index (χ4v) is 3.46. The van der Waals surface area contributed by atoms with Gasteiger partial charge in [-0.25, -0.2) is 15.0 Å². The number of hydrogen-bond acceptors (Lipinski definition) is 7. The molecule has 0 spiro atoms. The third-order valence-corrected chi connectivity index (χ3v) is 4.83. The van der Waals surface area contributed by atoms with Crippen LogP contribution in [-0.4, -0.2) is 47.8 Å². The quantitative estimate of drug-likeness (QED) is 0.903. The largest absolute Gasteiger partial charge is 0.481 e. The zero-order valence-electron chi connectivity index (χ0n) is 14.7. The Labute approximate surface area is 147 Å². The SMILES string of the molecule is COc1ncc(N2CCc3ncnc(OC4CCNC4)c3C2)cc1C. The van der Waals surface area contributed by atoms with Gasteiger partial charge in [0, 0.05) is 25.1 Å². The zero-order chi connectivity index (χ0) is 17.2. The number of ether oxygens (including phenoxy) is 2. The average molecular weight is 341 g/mol. The highest BCUT2D eigenvalue weighted by Crippen LogP contribution is 2.30. The first-order valence-electron chi connectivity index (χ1n) is 8.70. The van der Waals surface area contributed by atoms with Crippen LogP contribution in [0.25, 0.3) is 0 Å². The van der Waals surface area contributed by atoms with Crippen LogP contribution in [0.3, 0.4) is 0 Å². The highest BCUT2D eigenvalue weighted by molar-refractivity contribution is 5.52. The van der Waals surface area contributed by atoms with Crippen molar-refractivity contribution in [2.24, 2.45) is 0 Å². The van der Waals surface area contributed by atoms with Gasteiger partial charge in [-0.15, -0.1) is 0 Å². The highest BCUT2D eigenvalue weighted by atomic mass is 16.5. The summed E-state index contributed by atoms with van der Waals surface area (Å²) in [5, 5.41) is 3.33. The topological polar surface area (TPSA) is 72.4 Å². The Hall–Kier alpha value is -2.41. The van der Waals surface area contributed by atoms with Crippen LogP contribution in [0.2, 0.25) is 0 Å². The lowest BCUT2D eigenvalue weighted by Gasteiger charge is -2.31. The van der Waals surface area contributed by atoms with Crippen LogP contribution in [0.5, 0.6) is 11.8 Å². The summed E-state index contributed by atoms with van der Waals surface area (Å²) < 4.78 is 11.4. The van der Waals surface area contributed by atoms with Crippen LogP contribution in [0.15, 0.2) is 18.6 Å². The van der Waals surface area contributed by atoms with E-state index in [1.165, 1.54) is 0 Å². The van der Waals surface area contributed by atoms with E-state index in [0.717, 1.165) is 67.4 Å². The smallest absolute Gasteiger partial charge is 0.222 e. The molecule has 2 aliphatic rings. The predicted octanol–water partition coefficient (Wildman–Crippen LogP) is 1.49. The van der Waals surface area contributed by atoms with Crippen LogP contribution in [-0.2, 0) is 13.0 Å². The third-order valence-electron chi connectivity index (χ3n) is 4.83. The first kappa shape index (κ1) is 16.1. The lowest BCUT2D eigenvalue weighted by Crippen LogP contribution is -2.32. The molecule has 0 radical (unpaired) electrons. The minimum atomic E-state index is 0.194. The molecule has 0 saturated carbocycles. The Morgan fingerprint density at radius 2 is 2.16 bits per heavy atom. The summed E-state index contributed by atoms with van der Waals surface area (Å²) in [5.41, 5.74) is 4.30. The number of nitrogens with one attached hydrogen (secondary N) is 1. The number of fused-ring (bicyclic) bond motifs is 1. The van der Waals surface area contributed by atoms with Gasteiger partial charge in [0.2, 0.25) is 11.8 Å². The molecule has 1 unspecified atom stereocenters. The number of pyridine rings is 1. The monoisotopic (exact) mass is 341 g/mol. The van der Waals surface area contributed by atoms with Gasteiger partial charge < -0.3 is 19.7 Å². The molecular weight excluding hydrogens is 318 g/mol. The molecule has 2 aromatic heterocycles. The Morgan fingerprint density at radius 3 is 2.92 bits per heavy atom. The second-order valence-corrected chi connectivity index (χ2v) is 6.53. The van der Waals surface area contributed by atoms with Crippen molar-refractivity contribution >= 4 is 5.69 Å². The van der Waals surface area contributed by atoms with Gasteiger partial charge in [-0.05, 0) is 26.0 Å². The van der Waals surface area contributed by atoms with Gasteiger partial charge in [-0.3, -0.25) is 0 Å². The lowest BCUT2D eigenvalue weighted by atomic mass is 10.1. The van der Waals surface area contributed by atoms with E-state index in [0.29, 0.717) is 5.88 Å². The van der Waals surface area contributed by atoms with Crippen molar-refractivity contribution in [3.8, 4) is 11.8 Å². The molecule has 2 aromatic rings. The molecule has 0 bridgehead atoms. The maximum atomic E-state index is 6.14. The van der Waals surface area contributed by atoms with Crippen molar-refractivity contribution < 1.29 is 9.47 Å². The number of methoxy groups -OCH3 is 1. The van der Waals surface area contributed by atoms with E-state index >= 15 is 0 Å². The number of aromatic nitrogens is 3. The molecule has 2 aliphatic heterocycles. The third kappa shape index (κ3) is 3.24. The first-order chi connectivity index (χ1) is 12.2. The van der Waals surface area contributed by atoms with Gasteiger partial charge in [0.05, 0.1) is 36.8 Å². The van der Waals surface area contributed by atoms with Gasteiger partial charge in [0.1, 0.15) is 12.4 Å². The molecule has 7 nitrogen and oxygen atoms in total. The summed E-state index contributed by atoms with van der Waals surface area (Å²) in [4.78, 5) is 15.6. The zero-order valence-corrected chi connectivity index (χ0v) is 14.7. The number of hydrogen-bond donors (Lipinski definition) is 1. The van der Waals surface area contributed by atoms with Crippen LogP contribution in [0, 0.1) is 6.92 Å². The highest BCUT2D eigenvalue weighted by Gasteiger charge is 2.25. The summed E-state index contributed by atoms with van der Waals surface area (Å²) >= 11 is 0. The molecule has 4 heterocycles. The molecule has 1 atom stereocenters. The van der Waals surface area contributed by atoms with Crippen molar-refractivity contribution in [2.75, 3.05) is 31.6 Å². The van der Waals surface area contributed by atoms with Gasteiger partial charge in [0.25, 0.3) is 0 Å². The van der Waals surface area contributed by atoms with Crippen molar-refractivity contribution in [3.05, 3.63) is 35.4 Å². The van der Waals surface area contributed by atoms with E-state index in [9.17, 15) is 0 Å². The van der Waals surface area contributed by atoms with Gasteiger partial charge in [-0.1, -0.05) is 0 Å². The van der Waals surface area contributed by atoms with E-state index < -0.39 is 0 Å². The second-order valence-electron chi connectivity index (χ2n) is 6.53. The Balaban J connectivity index is 1.58. The molecule has 4 rings (SSSR count). The average Bonchev–Trinajstić information content (AvgIpc) is 3.15.